The molecule has 0 rings (SSSR count). The Hall–Kier alpha value is -0.850. The third-order valence-electron chi connectivity index (χ3n) is 1.48. The average molecular weight is 228 g/mol. The van der Waals surface area contributed by atoms with Crippen molar-refractivity contribution < 1.29 is 18.0 Å². The summed E-state index contributed by atoms with van der Waals surface area (Å²) in [4.78, 5) is 12.0. The Balaban J connectivity index is 3.90. The molecule has 3 nitrogen and oxygen atoms in total. The van der Waals surface area contributed by atoms with E-state index in [-0.39, 0.29) is 18.0 Å². The molecule has 0 aliphatic rings. The summed E-state index contributed by atoms with van der Waals surface area (Å²) in [5.74, 6) is -0.498. The van der Waals surface area contributed by atoms with E-state index in [9.17, 15) is 18.0 Å². The molecule has 14 heavy (non-hydrogen) atoms. The number of rotatable bonds is 4. The number of carbonyl (C=O) groups excluding carboxylic acids is 1. The van der Waals surface area contributed by atoms with Crippen molar-refractivity contribution in [1.82, 2.24) is 4.90 Å². The third-order valence-corrected chi connectivity index (χ3v) is 1.63. The van der Waals surface area contributed by atoms with Crippen molar-refractivity contribution in [2.45, 2.75) is 19.0 Å². The quantitative estimate of drug-likeness (QED) is 0.732. The summed E-state index contributed by atoms with van der Waals surface area (Å²) in [7, 11) is 1.28. The Kier molecular flexibility index (Phi) is 4.82. The second kappa shape index (κ2) is 5.14. The molecule has 0 aliphatic carbocycles. The molecular formula is C7H11F3N2OS. The molecule has 7 heteroatoms. The van der Waals surface area contributed by atoms with Crippen LogP contribution in [0, 0.1) is 0 Å². The third kappa shape index (κ3) is 6.64. The highest BCUT2D eigenvalue weighted by Gasteiger charge is 2.27. The molecule has 0 bridgehead atoms. The van der Waals surface area contributed by atoms with Crippen molar-refractivity contribution in [2.75, 3.05) is 13.6 Å². The van der Waals surface area contributed by atoms with Crippen LogP contribution >= 0.6 is 12.2 Å². The van der Waals surface area contributed by atoms with Gasteiger partial charge in [-0.3, -0.25) is 4.79 Å². The van der Waals surface area contributed by atoms with Gasteiger partial charge < -0.3 is 10.6 Å². The Morgan fingerprint density at radius 1 is 1.50 bits per heavy atom. The predicted octanol–water partition coefficient (Wildman–Crippen LogP) is 1.07. The molecule has 0 spiro atoms. The SMILES string of the molecule is CN(CCC(F)(F)F)C(=O)CC(N)=S. The Morgan fingerprint density at radius 3 is 2.36 bits per heavy atom. The van der Waals surface area contributed by atoms with Crippen molar-refractivity contribution in [3.63, 3.8) is 0 Å². The Labute approximate surface area is 85.0 Å². The summed E-state index contributed by atoms with van der Waals surface area (Å²) in [5, 5.41) is 0. The maximum absolute atomic E-state index is 11.8. The number of nitrogens with zero attached hydrogens (tertiary/aromatic N) is 1. The lowest BCUT2D eigenvalue weighted by Crippen LogP contribution is -2.32. The van der Waals surface area contributed by atoms with E-state index >= 15 is 0 Å². The van der Waals surface area contributed by atoms with Gasteiger partial charge in [-0.25, -0.2) is 0 Å². The molecule has 0 radical (unpaired) electrons. The van der Waals surface area contributed by atoms with Crippen LogP contribution in [0.2, 0.25) is 0 Å². The molecule has 82 valence electrons. The number of alkyl halides is 3. The minimum absolute atomic E-state index is 0.0196. The van der Waals surface area contributed by atoms with Gasteiger partial charge in [0.2, 0.25) is 5.91 Å². The van der Waals surface area contributed by atoms with E-state index in [0.29, 0.717) is 0 Å². The van der Waals surface area contributed by atoms with Crippen molar-refractivity contribution in [1.29, 1.82) is 0 Å². The summed E-state index contributed by atoms with van der Waals surface area (Å²) in [6.45, 7) is -0.370. The van der Waals surface area contributed by atoms with Gasteiger partial charge in [-0.1, -0.05) is 12.2 Å². The number of nitrogens with two attached hydrogens (primary N) is 1. The number of hydrogen-bond acceptors (Lipinski definition) is 2. The van der Waals surface area contributed by atoms with E-state index in [1.807, 2.05) is 0 Å². The molecule has 0 atom stereocenters. The highest BCUT2D eigenvalue weighted by atomic mass is 32.1. The van der Waals surface area contributed by atoms with Gasteiger partial charge in [-0.05, 0) is 0 Å². The average Bonchev–Trinajstić information content (AvgIpc) is 1.97. The fourth-order valence-corrected chi connectivity index (χ4v) is 0.827. The maximum Gasteiger partial charge on any atom is 0.390 e. The van der Waals surface area contributed by atoms with Gasteiger partial charge in [0.1, 0.15) is 0 Å². The minimum atomic E-state index is -4.25. The first-order valence-corrected chi connectivity index (χ1v) is 4.22. The zero-order valence-corrected chi connectivity index (χ0v) is 8.41. The summed E-state index contributed by atoms with van der Waals surface area (Å²) < 4.78 is 35.3. The molecule has 0 aromatic heterocycles. The summed E-state index contributed by atoms with van der Waals surface area (Å²) in [5.41, 5.74) is 5.07. The molecule has 0 fully saturated rings. The van der Waals surface area contributed by atoms with Crippen LogP contribution in [0.5, 0.6) is 0 Å². The fourth-order valence-electron chi connectivity index (χ4n) is 0.703. The van der Waals surface area contributed by atoms with Gasteiger partial charge in [-0.15, -0.1) is 0 Å². The molecular weight excluding hydrogens is 217 g/mol. The second-order valence-corrected chi connectivity index (χ2v) is 3.35. The van der Waals surface area contributed by atoms with Gasteiger partial charge >= 0.3 is 6.18 Å². The molecule has 0 aliphatic heterocycles. The molecule has 0 aromatic rings. The molecule has 2 N–H and O–H groups in total. The van der Waals surface area contributed by atoms with Gasteiger partial charge in [0.15, 0.2) is 0 Å². The molecule has 0 aromatic carbocycles. The van der Waals surface area contributed by atoms with Crippen LogP contribution in [0.4, 0.5) is 13.2 Å². The number of hydrogen-bond donors (Lipinski definition) is 1. The van der Waals surface area contributed by atoms with Crippen LogP contribution in [0.3, 0.4) is 0 Å². The second-order valence-electron chi connectivity index (χ2n) is 2.82. The fraction of sp³-hybridized carbons (Fsp3) is 0.714. The molecule has 0 saturated carbocycles. The zero-order chi connectivity index (χ0) is 11.4. The van der Waals surface area contributed by atoms with Gasteiger partial charge in [0, 0.05) is 13.6 Å². The molecule has 0 saturated heterocycles. The number of thiocarbonyl (C=S) groups is 1. The largest absolute Gasteiger partial charge is 0.393 e. The molecule has 1 amide bonds. The van der Waals surface area contributed by atoms with Crippen LogP contribution in [0.25, 0.3) is 0 Å². The standard InChI is InChI=1S/C7H11F3N2OS/c1-12(3-2-7(8,9)10)6(13)4-5(11)14/h2-4H2,1H3,(H2,11,14). The first-order chi connectivity index (χ1) is 6.22. The first kappa shape index (κ1) is 13.2. The minimum Gasteiger partial charge on any atom is -0.393 e. The van der Waals surface area contributed by atoms with E-state index in [0.717, 1.165) is 4.90 Å². The van der Waals surface area contributed by atoms with Crippen molar-refractivity contribution in [3.8, 4) is 0 Å². The van der Waals surface area contributed by atoms with E-state index in [1.54, 1.807) is 0 Å². The number of carbonyl (C=O) groups is 1. The van der Waals surface area contributed by atoms with E-state index < -0.39 is 18.5 Å². The Morgan fingerprint density at radius 2 is 2.00 bits per heavy atom. The van der Waals surface area contributed by atoms with Gasteiger partial charge in [-0.2, -0.15) is 13.2 Å². The summed E-state index contributed by atoms with van der Waals surface area (Å²) >= 11 is 4.46. The smallest absolute Gasteiger partial charge is 0.390 e. The Bertz CT molecular complexity index is 229. The van der Waals surface area contributed by atoms with E-state index in [1.165, 1.54) is 7.05 Å². The maximum atomic E-state index is 11.8. The lowest BCUT2D eigenvalue weighted by atomic mass is 10.3. The van der Waals surface area contributed by atoms with Crippen molar-refractivity contribution in [2.24, 2.45) is 5.73 Å². The van der Waals surface area contributed by atoms with Gasteiger partial charge in [0.05, 0.1) is 17.8 Å². The lowest BCUT2D eigenvalue weighted by Gasteiger charge is -2.17. The zero-order valence-electron chi connectivity index (χ0n) is 7.60. The monoisotopic (exact) mass is 228 g/mol. The normalized spacial score (nSPS) is 11.1. The molecule has 0 unspecified atom stereocenters. The van der Waals surface area contributed by atoms with Crippen molar-refractivity contribution >= 4 is 23.1 Å². The number of amides is 1. The summed E-state index contributed by atoms with van der Waals surface area (Å²) in [6.07, 6.45) is -5.46. The highest BCUT2D eigenvalue weighted by molar-refractivity contribution is 7.80. The van der Waals surface area contributed by atoms with Crippen LogP contribution in [-0.4, -0.2) is 35.6 Å². The van der Waals surface area contributed by atoms with Gasteiger partial charge in [0.25, 0.3) is 0 Å². The van der Waals surface area contributed by atoms with E-state index in [4.69, 9.17) is 5.73 Å². The topological polar surface area (TPSA) is 46.3 Å². The van der Waals surface area contributed by atoms with Crippen LogP contribution in [0.1, 0.15) is 12.8 Å². The highest BCUT2D eigenvalue weighted by Crippen LogP contribution is 2.19. The number of halogens is 3. The lowest BCUT2D eigenvalue weighted by molar-refractivity contribution is -0.143. The molecule has 0 heterocycles. The first-order valence-electron chi connectivity index (χ1n) is 3.81. The van der Waals surface area contributed by atoms with Crippen LogP contribution in [0.15, 0.2) is 0 Å². The summed E-state index contributed by atoms with van der Waals surface area (Å²) in [6, 6.07) is 0. The van der Waals surface area contributed by atoms with Crippen LogP contribution in [-0.2, 0) is 4.79 Å². The van der Waals surface area contributed by atoms with Crippen LogP contribution < -0.4 is 5.73 Å². The van der Waals surface area contributed by atoms with E-state index in [2.05, 4.69) is 12.2 Å². The predicted molar refractivity (Wildman–Crippen MR) is 49.7 cm³/mol. The van der Waals surface area contributed by atoms with Crippen molar-refractivity contribution in [3.05, 3.63) is 0 Å².